The van der Waals surface area contributed by atoms with Gasteiger partial charge in [-0.05, 0) is 30.1 Å². The minimum absolute atomic E-state index is 0.0730. The van der Waals surface area contributed by atoms with E-state index in [4.69, 9.17) is 9.11 Å². The van der Waals surface area contributed by atoms with Crippen molar-refractivity contribution < 1.29 is 25.9 Å². The SMILES string of the molecule is CC(CCS(=O)(=O)O)C(CCS(=O)(=O)O)C(C)(C)C. The summed E-state index contributed by atoms with van der Waals surface area (Å²) < 4.78 is 60.7. The molecule has 0 aromatic rings. The van der Waals surface area contributed by atoms with Gasteiger partial charge >= 0.3 is 0 Å². The van der Waals surface area contributed by atoms with Crippen molar-refractivity contribution in [1.29, 1.82) is 0 Å². The monoisotopic (exact) mass is 316 g/mol. The Morgan fingerprint density at radius 1 is 0.895 bits per heavy atom. The first kappa shape index (κ1) is 18.8. The molecular weight excluding hydrogens is 292 g/mol. The highest BCUT2D eigenvalue weighted by Gasteiger charge is 2.31. The van der Waals surface area contributed by atoms with Crippen molar-refractivity contribution in [2.24, 2.45) is 17.3 Å². The van der Waals surface area contributed by atoms with Gasteiger partial charge in [0.1, 0.15) is 0 Å². The van der Waals surface area contributed by atoms with Crippen LogP contribution in [0.2, 0.25) is 0 Å². The first-order valence-electron chi connectivity index (χ1n) is 6.13. The van der Waals surface area contributed by atoms with E-state index in [2.05, 4.69) is 0 Å². The van der Waals surface area contributed by atoms with Gasteiger partial charge in [0.05, 0.1) is 11.5 Å². The zero-order valence-corrected chi connectivity index (χ0v) is 13.5. The summed E-state index contributed by atoms with van der Waals surface area (Å²) in [4.78, 5) is 0. The lowest BCUT2D eigenvalue weighted by Crippen LogP contribution is -2.30. The molecule has 0 amide bonds. The third-order valence-electron chi connectivity index (χ3n) is 3.32. The van der Waals surface area contributed by atoms with E-state index >= 15 is 0 Å². The van der Waals surface area contributed by atoms with Gasteiger partial charge in [-0.15, -0.1) is 0 Å². The highest BCUT2D eigenvalue weighted by Crippen LogP contribution is 2.36. The van der Waals surface area contributed by atoms with E-state index in [-0.39, 0.29) is 41.6 Å². The summed E-state index contributed by atoms with van der Waals surface area (Å²) in [5.41, 5.74) is -0.219. The summed E-state index contributed by atoms with van der Waals surface area (Å²) in [7, 11) is -8.03. The Hall–Kier alpha value is -0.180. The number of hydrogen-bond donors (Lipinski definition) is 2. The molecule has 0 heterocycles. The second-order valence-corrected chi connectivity index (χ2v) is 9.24. The van der Waals surface area contributed by atoms with Gasteiger partial charge < -0.3 is 0 Å². The van der Waals surface area contributed by atoms with Crippen LogP contribution in [0.4, 0.5) is 0 Å². The lowest BCUT2D eigenvalue weighted by Gasteiger charge is -2.35. The fourth-order valence-electron chi connectivity index (χ4n) is 2.38. The van der Waals surface area contributed by atoms with Crippen LogP contribution < -0.4 is 0 Å². The Morgan fingerprint density at radius 3 is 1.58 bits per heavy atom. The highest BCUT2D eigenvalue weighted by atomic mass is 32.2. The van der Waals surface area contributed by atoms with E-state index in [1.54, 1.807) is 0 Å². The first-order valence-corrected chi connectivity index (χ1v) is 9.34. The molecule has 0 aromatic carbocycles. The largest absolute Gasteiger partial charge is 0.286 e. The second-order valence-electron chi connectivity index (χ2n) is 6.10. The topological polar surface area (TPSA) is 109 Å². The molecule has 2 N–H and O–H groups in total. The van der Waals surface area contributed by atoms with Gasteiger partial charge in [-0.2, -0.15) is 16.8 Å². The van der Waals surface area contributed by atoms with Gasteiger partial charge in [0.25, 0.3) is 20.2 Å². The third-order valence-corrected chi connectivity index (χ3v) is 4.82. The van der Waals surface area contributed by atoms with Crippen molar-refractivity contribution >= 4 is 20.2 Å². The van der Waals surface area contributed by atoms with Crippen molar-refractivity contribution in [1.82, 2.24) is 0 Å². The summed E-state index contributed by atoms with van der Waals surface area (Å²) >= 11 is 0. The summed E-state index contributed by atoms with van der Waals surface area (Å²) in [6, 6.07) is 0. The Morgan fingerprint density at radius 2 is 1.26 bits per heavy atom. The molecule has 2 unspecified atom stereocenters. The lowest BCUT2D eigenvalue weighted by molar-refractivity contribution is 0.159. The van der Waals surface area contributed by atoms with E-state index < -0.39 is 20.2 Å². The fraction of sp³-hybridized carbons (Fsp3) is 1.00. The number of rotatable bonds is 7. The highest BCUT2D eigenvalue weighted by molar-refractivity contribution is 7.86. The van der Waals surface area contributed by atoms with Crippen LogP contribution in [0.3, 0.4) is 0 Å². The summed E-state index contributed by atoms with van der Waals surface area (Å²) in [5, 5.41) is 0. The quantitative estimate of drug-likeness (QED) is 0.694. The predicted octanol–water partition coefficient (Wildman–Crippen LogP) is 1.84. The van der Waals surface area contributed by atoms with Gasteiger partial charge in [0, 0.05) is 0 Å². The minimum Gasteiger partial charge on any atom is -0.286 e. The normalized spacial score (nSPS) is 17.2. The molecule has 116 valence electrons. The molecule has 19 heavy (non-hydrogen) atoms. The van der Waals surface area contributed by atoms with E-state index in [0.29, 0.717) is 0 Å². The van der Waals surface area contributed by atoms with Gasteiger partial charge in [0.15, 0.2) is 0 Å². The fourth-order valence-corrected chi connectivity index (χ4v) is 3.60. The molecule has 0 radical (unpaired) electrons. The van der Waals surface area contributed by atoms with E-state index in [9.17, 15) is 16.8 Å². The van der Waals surface area contributed by atoms with Crippen molar-refractivity contribution in [3.63, 3.8) is 0 Å². The molecule has 0 aliphatic rings. The zero-order valence-electron chi connectivity index (χ0n) is 11.8. The predicted molar refractivity (Wildman–Crippen MR) is 74.2 cm³/mol. The van der Waals surface area contributed by atoms with E-state index in [1.165, 1.54) is 0 Å². The van der Waals surface area contributed by atoms with Crippen LogP contribution >= 0.6 is 0 Å². The van der Waals surface area contributed by atoms with Crippen molar-refractivity contribution in [2.45, 2.75) is 40.5 Å². The van der Waals surface area contributed by atoms with Crippen molar-refractivity contribution in [3.05, 3.63) is 0 Å². The molecule has 0 rings (SSSR count). The molecule has 0 aliphatic heterocycles. The Bertz CT molecular complexity index is 472. The maximum Gasteiger partial charge on any atom is 0.264 e. The molecule has 0 saturated carbocycles. The molecule has 0 aliphatic carbocycles. The average molecular weight is 316 g/mol. The molecule has 0 saturated heterocycles. The second kappa shape index (κ2) is 6.51. The van der Waals surface area contributed by atoms with Crippen LogP contribution in [0.1, 0.15) is 40.5 Å². The average Bonchev–Trinajstić information content (AvgIpc) is 2.09. The standard InChI is InChI=1S/C11H24O6S2/c1-9(5-7-18(12,13)14)10(11(2,3)4)6-8-19(15,16)17/h9-10H,5-8H2,1-4H3,(H,12,13,14)(H,15,16,17). The maximum atomic E-state index is 10.8. The Labute approximate surface area is 116 Å². The number of hydrogen-bond acceptors (Lipinski definition) is 4. The summed E-state index contributed by atoms with van der Waals surface area (Å²) in [5.74, 6) is -0.836. The molecule has 0 aromatic heterocycles. The molecule has 0 bridgehead atoms. The molecule has 2 atom stereocenters. The Kier molecular flexibility index (Phi) is 6.45. The molecule has 6 nitrogen and oxygen atoms in total. The van der Waals surface area contributed by atoms with Crippen LogP contribution in [0.15, 0.2) is 0 Å². The maximum absolute atomic E-state index is 10.8. The smallest absolute Gasteiger partial charge is 0.264 e. The molecular formula is C11H24O6S2. The summed E-state index contributed by atoms with van der Waals surface area (Å²) in [6.07, 6.45) is 0.515. The molecule has 8 heteroatoms. The van der Waals surface area contributed by atoms with Crippen molar-refractivity contribution in [2.75, 3.05) is 11.5 Å². The van der Waals surface area contributed by atoms with Crippen LogP contribution in [0.25, 0.3) is 0 Å². The first-order chi connectivity index (χ1) is 8.22. The van der Waals surface area contributed by atoms with Crippen LogP contribution in [0.5, 0.6) is 0 Å². The Balaban J connectivity index is 4.77. The molecule has 0 spiro atoms. The third kappa shape index (κ3) is 9.37. The molecule has 0 fully saturated rings. The minimum atomic E-state index is -4.02. The summed E-state index contributed by atoms with van der Waals surface area (Å²) in [6.45, 7) is 7.63. The van der Waals surface area contributed by atoms with Gasteiger partial charge in [-0.25, -0.2) is 0 Å². The van der Waals surface area contributed by atoms with Gasteiger partial charge in [-0.1, -0.05) is 27.7 Å². The lowest BCUT2D eigenvalue weighted by atomic mass is 9.71. The van der Waals surface area contributed by atoms with Crippen LogP contribution in [-0.4, -0.2) is 37.4 Å². The van der Waals surface area contributed by atoms with Gasteiger partial charge in [0.2, 0.25) is 0 Å². The van der Waals surface area contributed by atoms with Crippen LogP contribution in [0, 0.1) is 17.3 Å². The zero-order chi connectivity index (χ0) is 15.5. The van der Waals surface area contributed by atoms with Crippen molar-refractivity contribution in [3.8, 4) is 0 Å². The van der Waals surface area contributed by atoms with E-state index in [0.717, 1.165) is 0 Å². The van der Waals surface area contributed by atoms with Crippen LogP contribution in [-0.2, 0) is 20.2 Å². The van der Waals surface area contributed by atoms with E-state index in [1.807, 2.05) is 27.7 Å². The van der Waals surface area contributed by atoms with Gasteiger partial charge in [-0.3, -0.25) is 9.11 Å².